The second-order valence-electron chi connectivity index (χ2n) is 6.06. The molecule has 1 fully saturated rings. The van der Waals surface area contributed by atoms with Crippen molar-refractivity contribution in [3.05, 3.63) is 18.2 Å². The Bertz CT molecular complexity index is 465. The van der Waals surface area contributed by atoms with Gasteiger partial charge in [0.05, 0.1) is 11.4 Å². The summed E-state index contributed by atoms with van der Waals surface area (Å²) in [5.74, 6) is 0.781. The van der Waals surface area contributed by atoms with Gasteiger partial charge in [-0.15, -0.1) is 0 Å². The number of hydrogen-bond donors (Lipinski definition) is 3. The van der Waals surface area contributed by atoms with E-state index in [2.05, 4.69) is 10.6 Å². The number of nitrogen functional groups attached to an aromatic ring is 1. The van der Waals surface area contributed by atoms with Crippen LogP contribution < -0.4 is 16.4 Å². The van der Waals surface area contributed by atoms with Gasteiger partial charge in [0.15, 0.2) is 0 Å². The van der Waals surface area contributed by atoms with Gasteiger partial charge in [0.1, 0.15) is 0 Å². The minimum atomic E-state index is -0.0801. The number of hydrogen-bond acceptors (Lipinski definition) is 3. The molecule has 116 valence electrons. The molecule has 0 aliphatic heterocycles. The molecule has 0 spiro atoms. The van der Waals surface area contributed by atoms with E-state index in [4.69, 9.17) is 5.73 Å². The van der Waals surface area contributed by atoms with Crippen molar-refractivity contribution in [3.63, 3.8) is 0 Å². The number of anilines is 3. The molecule has 0 radical (unpaired) electrons. The Morgan fingerprint density at radius 2 is 1.95 bits per heavy atom. The molecule has 4 nitrogen and oxygen atoms in total. The Hall–Kier alpha value is -1.71. The van der Waals surface area contributed by atoms with Crippen molar-refractivity contribution < 1.29 is 4.79 Å². The van der Waals surface area contributed by atoms with E-state index in [1.165, 1.54) is 51.9 Å². The van der Waals surface area contributed by atoms with Crippen LogP contribution in [-0.4, -0.2) is 12.5 Å². The number of nitrogens with two attached hydrogens (primary N) is 1. The van der Waals surface area contributed by atoms with E-state index in [9.17, 15) is 4.79 Å². The summed E-state index contributed by atoms with van der Waals surface area (Å²) in [6.07, 6.45) is 9.55. The van der Waals surface area contributed by atoms with Crippen LogP contribution in [0.5, 0.6) is 0 Å². The van der Waals surface area contributed by atoms with Gasteiger partial charge >= 0.3 is 0 Å². The molecule has 0 atom stereocenters. The van der Waals surface area contributed by atoms with Gasteiger partial charge in [-0.05, 0) is 30.5 Å². The fourth-order valence-electron chi connectivity index (χ4n) is 3.07. The average molecular weight is 289 g/mol. The van der Waals surface area contributed by atoms with Gasteiger partial charge in [0, 0.05) is 19.2 Å². The summed E-state index contributed by atoms with van der Waals surface area (Å²) >= 11 is 0. The van der Waals surface area contributed by atoms with Crippen LogP contribution in [0.2, 0.25) is 0 Å². The van der Waals surface area contributed by atoms with E-state index >= 15 is 0 Å². The summed E-state index contributed by atoms with van der Waals surface area (Å²) in [7, 11) is 0. The van der Waals surface area contributed by atoms with Crippen molar-refractivity contribution in [2.24, 2.45) is 5.92 Å². The number of nitrogens with one attached hydrogen (secondary N) is 2. The lowest BCUT2D eigenvalue weighted by Gasteiger charge is -2.16. The number of amides is 1. The summed E-state index contributed by atoms with van der Waals surface area (Å²) in [6.45, 7) is 2.46. The van der Waals surface area contributed by atoms with Crippen LogP contribution >= 0.6 is 0 Å². The lowest BCUT2D eigenvalue weighted by atomic mass is 9.97. The maximum atomic E-state index is 11.0. The lowest BCUT2D eigenvalue weighted by molar-refractivity contribution is -0.114. The monoisotopic (exact) mass is 289 g/mol. The number of rotatable bonds is 5. The van der Waals surface area contributed by atoms with Gasteiger partial charge in [-0.3, -0.25) is 4.79 Å². The van der Waals surface area contributed by atoms with Gasteiger partial charge in [0.25, 0.3) is 0 Å². The smallest absolute Gasteiger partial charge is 0.221 e. The highest BCUT2D eigenvalue weighted by Crippen LogP contribution is 2.26. The van der Waals surface area contributed by atoms with E-state index in [0.29, 0.717) is 5.69 Å². The van der Waals surface area contributed by atoms with Crippen molar-refractivity contribution in [2.75, 3.05) is 22.9 Å². The van der Waals surface area contributed by atoms with Crippen LogP contribution in [0.25, 0.3) is 0 Å². The molecule has 0 aromatic heterocycles. The van der Waals surface area contributed by atoms with Crippen LogP contribution in [0.3, 0.4) is 0 Å². The van der Waals surface area contributed by atoms with Crippen LogP contribution in [0.1, 0.15) is 51.9 Å². The van der Waals surface area contributed by atoms with Crippen LogP contribution in [-0.2, 0) is 4.79 Å². The fourth-order valence-corrected chi connectivity index (χ4v) is 3.07. The second kappa shape index (κ2) is 7.91. The SMILES string of the molecule is CC(=O)Nc1ccc(NCCC2CCCCCC2)c(N)c1. The van der Waals surface area contributed by atoms with E-state index in [0.717, 1.165) is 23.8 Å². The summed E-state index contributed by atoms with van der Waals surface area (Å²) in [5, 5.41) is 6.16. The van der Waals surface area contributed by atoms with Crippen LogP contribution in [0.4, 0.5) is 17.1 Å². The van der Waals surface area contributed by atoms with Gasteiger partial charge < -0.3 is 16.4 Å². The van der Waals surface area contributed by atoms with Crippen molar-refractivity contribution in [1.29, 1.82) is 0 Å². The Morgan fingerprint density at radius 3 is 2.57 bits per heavy atom. The summed E-state index contributed by atoms with van der Waals surface area (Å²) in [5.41, 5.74) is 8.41. The van der Waals surface area contributed by atoms with Gasteiger partial charge in [0.2, 0.25) is 5.91 Å². The summed E-state index contributed by atoms with van der Waals surface area (Å²) in [4.78, 5) is 11.0. The van der Waals surface area contributed by atoms with Crippen LogP contribution in [0.15, 0.2) is 18.2 Å². The zero-order valence-corrected chi connectivity index (χ0v) is 13.0. The van der Waals surface area contributed by atoms with Crippen molar-refractivity contribution in [3.8, 4) is 0 Å². The third-order valence-corrected chi connectivity index (χ3v) is 4.21. The third kappa shape index (κ3) is 5.29. The van der Waals surface area contributed by atoms with E-state index in [1.54, 1.807) is 6.07 Å². The predicted octanol–water partition coefficient (Wildman–Crippen LogP) is 4.00. The zero-order valence-electron chi connectivity index (χ0n) is 13.0. The molecule has 4 heteroatoms. The minimum absolute atomic E-state index is 0.0801. The molecule has 0 heterocycles. The van der Waals surface area contributed by atoms with Gasteiger partial charge in [-0.1, -0.05) is 38.5 Å². The molecule has 1 aliphatic rings. The van der Waals surface area contributed by atoms with E-state index < -0.39 is 0 Å². The first-order valence-electron chi connectivity index (χ1n) is 8.06. The predicted molar refractivity (Wildman–Crippen MR) is 89.5 cm³/mol. The van der Waals surface area contributed by atoms with E-state index in [1.807, 2.05) is 12.1 Å². The van der Waals surface area contributed by atoms with Crippen molar-refractivity contribution in [2.45, 2.75) is 51.9 Å². The van der Waals surface area contributed by atoms with Crippen LogP contribution in [0, 0.1) is 5.92 Å². The Labute approximate surface area is 127 Å². The van der Waals surface area contributed by atoms with Gasteiger partial charge in [-0.25, -0.2) is 0 Å². The molecule has 0 bridgehead atoms. The lowest BCUT2D eigenvalue weighted by Crippen LogP contribution is -2.11. The van der Waals surface area contributed by atoms with E-state index in [-0.39, 0.29) is 5.91 Å². The molecule has 0 saturated heterocycles. The molecule has 1 aliphatic carbocycles. The number of carbonyl (C=O) groups excluding carboxylic acids is 1. The maximum absolute atomic E-state index is 11.0. The molecular weight excluding hydrogens is 262 g/mol. The molecule has 21 heavy (non-hydrogen) atoms. The van der Waals surface area contributed by atoms with Crippen molar-refractivity contribution in [1.82, 2.24) is 0 Å². The summed E-state index contributed by atoms with van der Waals surface area (Å²) < 4.78 is 0. The molecule has 1 amide bonds. The number of carbonyl (C=O) groups is 1. The molecule has 1 saturated carbocycles. The van der Waals surface area contributed by atoms with Crippen molar-refractivity contribution >= 4 is 23.0 Å². The highest BCUT2D eigenvalue weighted by molar-refractivity contribution is 5.90. The first-order chi connectivity index (χ1) is 10.1. The fraction of sp³-hybridized carbons (Fsp3) is 0.588. The second-order valence-corrected chi connectivity index (χ2v) is 6.06. The third-order valence-electron chi connectivity index (χ3n) is 4.21. The Morgan fingerprint density at radius 1 is 1.24 bits per heavy atom. The maximum Gasteiger partial charge on any atom is 0.221 e. The minimum Gasteiger partial charge on any atom is -0.397 e. The highest BCUT2D eigenvalue weighted by Gasteiger charge is 2.12. The average Bonchev–Trinajstić information content (AvgIpc) is 2.69. The topological polar surface area (TPSA) is 67.2 Å². The Kier molecular flexibility index (Phi) is 5.90. The normalized spacial score (nSPS) is 16.2. The first-order valence-corrected chi connectivity index (χ1v) is 8.06. The molecule has 1 aromatic carbocycles. The molecule has 0 unspecified atom stereocenters. The highest BCUT2D eigenvalue weighted by atomic mass is 16.1. The van der Waals surface area contributed by atoms with Gasteiger partial charge in [-0.2, -0.15) is 0 Å². The Balaban J connectivity index is 1.81. The zero-order chi connectivity index (χ0) is 15.1. The molecule has 2 rings (SSSR count). The quantitative estimate of drug-likeness (QED) is 0.567. The molecular formula is C17H27N3O. The largest absolute Gasteiger partial charge is 0.397 e. The number of benzene rings is 1. The first kappa shape index (κ1) is 15.7. The molecule has 1 aromatic rings. The summed E-state index contributed by atoms with van der Waals surface area (Å²) in [6, 6.07) is 5.62. The molecule has 4 N–H and O–H groups in total. The standard InChI is InChI=1S/C17H27N3O/c1-13(21)20-15-8-9-17(16(18)12-15)19-11-10-14-6-4-2-3-5-7-14/h8-9,12,14,19H,2-7,10-11,18H2,1H3,(H,20,21).